The third kappa shape index (κ3) is 2.71. The molecule has 0 bridgehead atoms. The van der Waals surface area contributed by atoms with Crippen molar-refractivity contribution in [2.45, 2.75) is 26.4 Å². The van der Waals surface area contributed by atoms with Gasteiger partial charge in [0.1, 0.15) is 0 Å². The van der Waals surface area contributed by atoms with Crippen molar-refractivity contribution in [3.63, 3.8) is 0 Å². The van der Waals surface area contributed by atoms with Crippen LogP contribution in [0, 0.1) is 5.41 Å². The fourth-order valence-corrected chi connectivity index (χ4v) is 2.51. The number of amides is 1. The lowest BCUT2D eigenvalue weighted by atomic mass is 9.89. The molecule has 4 heteroatoms. The Morgan fingerprint density at radius 1 is 1.44 bits per heavy atom. The van der Waals surface area contributed by atoms with Crippen molar-refractivity contribution in [3.8, 4) is 0 Å². The molecule has 0 aromatic heterocycles. The summed E-state index contributed by atoms with van der Waals surface area (Å²) >= 11 is 0. The SMILES string of the molecule is CC1(C(N)=O)CCN(Cc2cccc(CN)c2)C1. The molecular formula is C14H21N3O. The van der Waals surface area contributed by atoms with Crippen LogP contribution in [0.25, 0.3) is 0 Å². The van der Waals surface area contributed by atoms with Crippen LogP contribution in [0.1, 0.15) is 24.5 Å². The molecule has 1 saturated heterocycles. The summed E-state index contributed by atoms with van der Waals surface area (Å²) in [5.41, 5.74) is 13.1. The highest BCUT2D eigenvalue weighted by Gasteiger charge is 2.38. The Labute approximate surface area is 108 Å². The Morgan fingerprint density at radius 2 is 2.17 bits per heavy atom. The number of carbonyl (C=O) groups is 1. The molecule has 1 amide bonds. The molecule has 1 unspecified atom stereocenters. The van der Waals surface area contributed by atoms with E-state index in [0.29, 0.717) is 6.54 Å². The highest BCUT2D eigenvalue weighted by Crippen LogP contribution is 2.30. The number of benzene rings is 1. The lowest BCUT2D eigenvalue weighted by molar-refractivity contribution is -0.126. The van der Waals surface area contributed by atoms with E-state index >= 15 is 0 Å². The normalized spacial score (nSPS) is 24.3. The highest BCUT2D eigenvalue weighted by atomic mass is 16.1. The second-order valence-electron chi connectivity index (χ2n) is 5.41. The number of nitrogens with two attached hydrogens (primary N) is 2. The maximum absolute atomic E-state index is 11.4. The van der Waals surface area contributed by atoms with Crippen molar-refractivity contribution in [2.75, 3.05) is 13.1 Å². The number of rotatable bonds is 4. The summed E-state index contributed by atoms with van der Waals surface area (Å²) in [5.74, 6) is -0.194. The molecule has 0 saturated carbocycles. The van der Waals surface area contributed by atoms with Gasteiger partial charge >= 0.3 is 0 Å². The van der Waals surface area contributed by atoms with Crippen molar-refractivity contribution in [3.05, 3.63) is 35.4 Å². The van der Waals surface area contributed by atoms with Gasteiger partial charge in [-0.15, -0.1) is 0 Å². The summed E-state index contributed by atoms with van der Waals surface area (Å²) in [6.45, 7) is 5.04. The van der Waals surface area contributed by atoms with E-state index in [0.717, 1.165) is 31.6 Å². The number of carbonyl (C=O) groups excluding carboxylic acids is 1. The predicted molar refractivity (Wildman–Crippen MR) is 71.5 cm³/mol. The lowest BCUT2D eigenvalue weighted by Gasteiger charge is -2.21. The van der Waals surface area contributed by atoms with Gasteiger partial charge in [0.05, 0.1) is 5.41 Å². The zero-order valence-electron chi connectivity index (χ0n) is 10.9. The molecule has 1 heterocycles. The summed E-state index contributed by atoms with van der Waals surface area (Å²) in [6, 6.07) is 8.28. The van der Waals surface area contributed by atoms with Gasteiger partial charge in [0.15, 0.2) is 0 Å². The van der Waals surface area contributed by atoms with Crippen LogP contribution in [0.5, 0.6) is 0 Å². The Bertz CT molecular complexity index is 446. The number of nitrogens with zero attached hydrogens (tertiary/aromatic N) is 1. The quantitative estimate of drug-likeness (QED) is 0.828. The lowest BCUT2D eigenvalue weighted by Crippen LogP contribution is -2.36. The first-order valence-electron chi connectivity index (χ1n) is 6.34. The molecule has 1 aromatic rings. The van der Waals surface area contributed by atoms with Crippen molar-refractivity contribution < 1.29 is 4.79 Å². The van der Waals surface area contributed by atoms with E-state index in [9.17, 15) is 4.79 Å². The Kier molecular flexibility index (Phi) is 3.68. The summed E-state index contributed by atoms with van der Waals surface area (Å²) in [5, 5.41) is 0. The van der Waals surface area contributed by atoms with E-state index in [1.165, 1.54) is 5.56 Å². The largest absolute Gasteiger partial charge is 0.369 e. The van der Waals surface area contributed by atoms with Crippen molar-refractivity contribution in [2.24, 2.45) is 16.9 Å². The number of hydrogen-bond donors (Lipinski definition) is 2. The van der Waals surface area contributed by atoms with Crippen LogP contribution >= 0.6 is 0 Å². The van der Waals surface area contributed by atoms with E-state index in [1.807, 2.05) is 19.1 Å². The minimum atomic E-state index is -0.370. The van der Waals surface area contributed by atoms with E-state index in [-0.39, 0.29) is 11.3 Å². The minimum Gasteiger partial charge on any atom is -0.369 e. The number of hydrogen-bond acceptors (Lipinski definition) is 3. The van der Waals surface area contributed by atoms with Crippen molar-refractivity contribution >= 4 is 5.91 Å². The standard InChI is InChI=1S/C14H21N3O/c1-14(13(16)18)5-6-17(10-14)9-12-4-2-3-11(7-12)8-15/h2-4,7H,5-6,8-10,15H2,1H3,(H2,16,18). The molecule has 18 heavy (non-hydrogen) atoms. The number of likely N-dealkylation sites (tertiary alicyclic amines) is 1. The van der Waals surface area contributed by atoms with Gasteiger partial charge in [-0.1, -0.05) is 24.3 Å². The van der Waals surface area contributed by atoms with E-state index < -0.39 is 0 Å². The summed E-state index contributed by atoms with van der Waals surface area (Å²) in [6.07, 6.45) is 0.846. The van der Waals surface area contributed by atoms with Gasteiger partial charge in [-0.05, 0) is 31.0 Å². The van der Waals surface area contributed by atoms with Crippen LogP contribution in [0.15, 0.2) is 24.3 Å². The van der Waals surface area contributed by atoms with Crippen LogP contribution in [0.3, 0.4) is 0 Å². The Hall–Kier alpha value is -1.39. The molecule has 1 atom stereocenters. The molecular weight excluding hydrogens is 226 g/mol. The van der Waals surface area contributed by atoms with Gasteiger partial charge in [-0.25, -0.2) is 0 Å². The highest BCUT2D eigenvalue weighted by molar-refractivity contribution is 5.81. The van der Waals surface area contributed by atoms with Gasteiger partial charge in [-0.3, -0.25) is 9.69 Å². The number of primary amides is 1. The first kappa shape index (κ1) is 13.1. The molecule has 1 aliphatic rings. The first-order valence-corrected chi connectivity index (χ1v) is 6.34. The molecule has 0 aliphatic carbocycles. The van der Waals surface area contributed by atoms with E-state index in [1.54, 1.807) is 0 Å². The molecule has 1 aliphatic heterocycles. The molecule has 0 spiro atoms. The molecule has 2 rings (SSSR count). The average molecular weight is 247 g/mol. The third-order valence-electron chi connectivity index (χ3n) is 3.78. The summed E-state index contributed by atoms with van der Waals surface area (Å²) < 4.78 is 0. The maximum atomic E-state index is 11.4. The molecule has 4 nitrogen and oxygen atoms in total. The van der Waals surface area contributed by atoms with Crippen LogP contribution < -0.4 is 11.5 Å². The topological polar surface area (TPSA) is 72.4 Å². The van der Waals surface area contributed by atoms with Crippen LogP contribution in [0.2, 0.25) is 0 Å². The van der Waals surface area contributed by atoms with E-state index in [4.69, 9.17) is 11.5 Å². The van der Waals surface area contributed by atoms with Crippen molar-refractivity contribution in [1.82, 2.24) is 4.90 Å². The van der Waals surface area contributed by atoms with Crippen molar-refractivity contribution in [1.29, 1.82) is 0 Å². The Morgan fingerprint density at radius 3 is 2.78 bits per heavy atom. The van der Waals surface area contributed by atoms with E-state index in [2.05, 4.69) is 17.0 Å². The second-order valence-corrected chi connectivity index (χ2v) is 5.41. The van der Waals surface area contributed by atoms with Gasteiger partial charge in [0, 0.05) is 19.6 Å². The molecule has 1 aromatic carbocycles. The monoisotopic (exact) mass is 247 g/mol. The Balaban J connectivity index is 2.01. The summed E-state index contributed by atoms with van der Waals surface area (Å²) in [7, 11) is 0. The predicted octanol–water partition coefficient (Wildman–Crippen LogP) is 0.843. The second kappa shape index (κ2) is 5.08. The maximum Gasteiger partial charge on any atom is 0.224 e. The molecule has 98 valence electrons. The summed E-state index contributed by atoms with van der Waals surface area (Å²) in [4.78, 5) is 13.7. The van der Waals surface area contributed by atoms with Crippen LogP contribution in [-0.4, -0.2) is 23.9 Å². The first-order chi connectivity index (χ1) is 8.53. The molecule has 4 N–H and O–H groups in total. The fraction of sp³-hybridized carbons (Fsp3) is 0.500. The van der Waals surface area contributed by atoms with Gasteiger partial charge in [0.25, 0.3) is 0 Å². The minimum absolute atomic E-state index is 0.194. The zero-order valence-corrected chi connectivity index (χ0v) is 10.9. The van der Waals surface area contributed by atoms with Gasteiger partial charge in [-0.2, -0.15) is 0 Å². The van der Waals surface area contributed by atoms with Crippen LogP contribution in [-0.2, 0) is 17.9 Å². The fourth-order valence-electron chi connectivity index (χ4n) is 2.51. The van der Waals surface area contributed by atoms with Gasteiger partial charge in [0.2, 0.25) is 5.91 Å². The zero-order chi connectivity index (χ0) is 13.2. The average Bonchev–Trinajstić information content (AvgIpc) is 2.72. The third-order valence-corrected chi connectivity index (χ3v) is 3.78. The molecule has 1 fully saturated rings. The smallest absolute Gasteiger partial charge is 0.224 e. The van der Waals surface area contributed by atoms with Crippen LogP contribution in [0.4, 0.5) is 0 Å². The van der Waals surface area contributed by atoms with Gasteiger partial charge < -0.3 is 11.5 Å². The molecule has 0 radical (unpaired) electrons.